The van der Waals surface area contributed by atoms with Crippen LogP contribution in [-0.2, 0) is 24.7 Å². The van der Waals surface area contributed by atoms with E-state index in [9.17, 15) is 23.2 Å². The smallest absolute Gasteiger partial charge is 0.430 e. The zero-order valence-electron chi connectivity index (χ0n) is 21.9. The summed E-state index contributed by atoms with van der Waals surface area (Å²) in [6.45, 7) is 7.00. The van der Waals surface area contributed by atoms with E-state index in [0.717, 1.165) is 17.7 Å². The van der Waals surface area contributed by atoms with E-state index in [2.05, 4.69) is 4.90 Å². The summed E-state index contributed by atoms with van der Waals surface area (Å²) in [5, 5.41) is 2.41. The fourth-order valence-corrected chi connectivity index (χ4v) is 5.48. The molecule has 1 unspecified atom stereocenters. The van der Waals surface area contributed by atoms with Crippen molar-refractivity contribution >= 4 is 18.5 Å². The van der Waals surface area contributed by atoms with Gasteiger partial charge in [-0.3, -0.25) is 14.6 Å². The van der Waals surface area contributed by atoms with Crippen molar-refractivity contribution in [3.8, 4) is 0 Å². The number of benzene rings is 2. The fraction of sp³-hybridized carbons (Fsp3) is 0.464. The molecule has 2 saturated heterocycles. The van der Waals surface area contributed by atoms with Gasteiger partial charge in [-0.05, 0) is 50.1 Å². The Morgan fingerprint density at radius 1 is 1.13 bits per heavy atom. The van der Waals surface area contributed by atoms with Crippen LogP contribution < -0.4 is 0 Å². The van der Waals surface area contributed by atoms with Crippen molar-refractivity contribution in [3.63, 3.8) is 0 Å². The highest BCUT2D eigenvalue weighted by Crippen LogP contribution is 2.42. The van der Waals surface area contributed by atoms with Gasteiger partial charge in [0.1, 0.15) is 17.2 Å². The SMILES string of the molecule is CC(=O)OC1(c2ccccc2)CCN(CCCN(C=O)N2C(=O)OC(C)(C)C2c2ccc(F)c(F)c2)CC1. The number of carbonyl (C=O) groups is 3. The molecule has 1 atom stereocenters. The number of halogens is 2. The van der Waals surface area contributed by atoms with Crippen molar-refractivity contribution in [2.24, 2.45) is 0 Å². The van der Waals surface area contributed by atoms with Crippen molar-refractivity contribution < 1.29 is 32.6 Å². The molecule has 2 heterocycles. The number of hydrogen-bond donors (Lipinski definition) is 0. The van der Waals surface area contributed by atoms with Crippen LogP contribution in [0.5, 0.6) is 0 Å². The number of nitrogens with zero attached hydrogens (tertiary/aromatic N) is 3. The summed E-state index contributed by atoms with van der Waals surface area (Å²) in [5.74, 6) is -2.36. The maximum absolute atomic E-state index is 14.0. The molecule has 0 bridgehead atoms. The van der Waals surface area contributed by atoms with Gasteiger partial charge in [-0.25, -0.2) is 18.6 Å². The number of amides is 2. The molecule has 2 aliphatic rings. The van der Waals surface area contributed by atoms with Crippen LogP contribution in [0.1, 0.15) is 57.2 Å². The molecule has 2 aromatic carbocycles. The topological polar surface area (TPSA) is 79.4 Å². The van der Waals surface area contributed by atoms with Crippen LogP contribution in [0.3, 0.4) is 0 Å². The monoisotopic (exact) mass is 529 g/mol. The molecular formula is C28H33F2N3O5. The first-order chi connectivity index (χ1) is 18.1. The molecule has 0 aromatic heterocycles. The van der Waals surface area contributed by atoms with E-state index in [4.69, 9.17) is 9.47 Å². The lowest BCUT2D eigenvalue weighted by Crippen LogP contribution is -2.48. The van der Waals surface area contributed by atoms with Crippen LogP contribution in [-0.4, -0.2) is 65.2 Å². The summed E-state index contributed by atoms with van der Waals surface area (Å²) in [6, 6.07) is 12.3. The summed E-state index contributed by atoms with van der Waals surface area (Å²) in [7, 11) is 0. The number of carbonyl (C=O) groups excluding carboxylic acids is 3. The number of hydrogen-bond acceptors (Lipinski definition) is 6. The van der Waals surface area contributed by atoms with Gasteiger partial charge in [0.2, 0.25) is 6.41 Å². The van der Waals surface area contributed by atoms with Crippen LogP contribution in [0, 0.1) is 11.6 Å². The lowest BCUT2D eigenvalue weighted by Gasteiger charge is -2.41. The number of hydrazine groups is 1. The number of cyclic esters (lactones) is 1. The predicted octanol–water partition coefficient (Wildman–Crippen LogP) is 4.55. The second-order valence-electron chi connectivity index (χ2n) is 10.3. The second-order valence-corrected chi connectivity index (χ2v) is 10.3. The van der Waals surface area contributed by atoms with Gasteiger partial charge in [0.05, 0.1) is 0 Å². The Morgan fingerprint density at radius 2 is 1.82 bits per heavy atom. The summed E-state index contributed by atoms with van der Waals surface area (Å²) in [6.07, 6.45) is 1.65. The minimum absolute atomic E-state index is 0.221. The Hall–Kier alpha value is -3.53. The molecular weight excluding hydrogens is 496 g/mol. The zero-order chi connectivity index (χ0) is 27.5. The van der Waals surface area contributed by atoms with Crippen molar-refractivity contribution in [2.45, 2.75) is 57.3 Å². The van der Waals surface area contributed by atoms with Crippen LogP contribution in [0.25, 0.3) is 0 Å². The number of ether oxygens (including phenoxy) is 2. The Bertz CT molecular complexity index is 1170. The minimum atomic E-state index is -1.08. The Morgan fingerprint density at radius 3 is 2.42 bits per heavy atom. The number of likely N-dealkylation sites (tertiary alicyclic amines) is 1. The molecule has 0 N–H and O–H groups in total. The third-order valence-electron chi connectivity index (χ3n) is 7.26. The summed E-state index contributed by atoms with van der Waals surface area (Å²) >= 11 is 0. The zero-order valence-corrected chi connectivity index (χ0v) is 21.9. The highest BCUT2D eigenvalue weighted by molar-refractivity contribution is 5.73. The largest absolute Gasteiger partial charge is 0.454 e. The van der Waals surface area contributed by atoms with Crippen LogP contribution in [0.4, 0.5) is 13.6 Å². The van der Waals surface area contributed by atoms with E-state index in [1.165, 1.54) is 23.0 Å². The molecule has 204 valence electrons. The standard InChI is InChI=1S/C28H33F2N3O5/c1-20(35)37-28(22-8-5-4-6-9-22)12-16-31(17-13-28)14-7-15-32(19-34)33-25(27(2,3)38-26(33)36)21-10-11-23(29)24(30)18-21/h4-6,8-11,18-19,25H,7,12-17H2,1-3H3. The lowest BCUT2D eigenvalue weighted by molar-refractivity contribution is -0.164. The molecule has 10 heteroatoms. The van der Waals surface area contributed by atoms with Gasteiger partial charge in [0.15, 0.2) is 11.6 Å². The Labute approximate surface area is 221 Å². The normalized spacial score (nSPS) is 20.6. The lowest BCUT2D eigenvalue weighted by atomic mass is 9.84. The van der Waals surface area contributed by atoms with E-state index < -0.39 is 35.0 Å². The molecule has 8 nitrogen and oxygen atoms in total. The molecule has 2 aliphatic heterocycles. The number of piperidine rings is 1. The van der Waals surface area contributed by atoms with Crippen molar-refractivity contribution in [1.29, 1.82) is 0 Å². The molecule has 0 aliphatic carbocycles. The maximum atomic E-state index is 14.0. The number of esters is 1. The van der Waals surface area contributed by atoms with E-state index in [1.54, 1.807) is 13.8 Å². The van der Waals surface area contributed by atoms with E-state index in [-0.39, 0.29) is 12.5 Å². The minimum Gasteiger partial charge on any atom is -0.454 e. The van der Waals surface area contributed by atoms with E-state index in [0.29, 0.717) is 50.9 Å². The van der Waals surface area contributed by atoms with Crippen LogP contribution in [0.15, 0.2) is 48.5 Å². The van der Waals surface area contributed by atoms with Gasteiger partial charge in [-0.15, -0.1) is 0 Å². The third-order valence-corrected chi connectivity index (χ3v) is 7.26. The second kappa shape index (κ2) is 11.1. The van der Waals surface area contributed by atoms with Gasteiger partial charge in [-0.1, -0.05) is 36.4 Å². The highest BCUT2D eigenvalue weighted by atomic mass is 19.2. The van der Waals surface area contributed by atoms with Crippen molar-refractivity contribution in [1.82, 2.24) is 14.9 Å². The van der Waals surface area contributed by atoms with Crippen molar-refractivity contribution in [2.75, 3.05) is 26.2 Å². The first-order valence-electron chi connectivity index (χ1n) is 12.7. The van der Waals surface area contributed by atoms with Crippen molar-refractivity contribution in [3.05, 3.63) is 71.3 Å². The molecule has 38 heavy (non-hydrogen) atoms. The maximum Gasteiger partial charge on any atom is 0.430 e. The fourth-order valence-electron chi connectivity index (χ4n) is 5.48. The quantitative estimate of drug-likeness (QED) is 0.350. The first kappa shape index (κ1) is 27.5. The van der Waals surface area contributed by atoms with Gasteiger partial charge >= 0.3 is 12.1 Å². The number of rotatable bonds is 9. The predicted molar refractivity (Wildman–Crippen MR) is 134 cm³/mol. The molecule has 2 amide bonds. The first-order valence-corrected chi connectivity index (χ1v) is 12.7. The van der Waals surface area contributed by atoms with E-state index >= 15 is 0 Å². The Balaban J connectivity index is 1.40. The third kappa shape index (κ3) is 5.65. The average Bonchev–Trinajstić information content (AvgIpc) is 3.12. The molecule has 0 radical (unpaired) electrons. The molecule has 0 saturated carbocycles. The highest BCUT2D eigenvalue weighted by Gasteiger charge is 2.51. The molecule has 2 aromatic rings. The van der Waals surface area contributed by atoms with Gasteiger partial charge in [-0.2, -0.15) is 0 Å². The van der Waals surface area contributed by atoms with E-state index in [1.807, 2.05) is 30.3 Å². The Kier molecular flexibility index (Phi) is 8.01. The molecule has 2 fully saturated rings. The van der Waals surface area contributed by atoms with Gasteiger partial charge in [0, 0.05) is 39.4 Å². The van der Waals surface area contributed by atoms with Crippen LogP contribution in [0.2, 0.25) is 0 Å². The summed E-state index contributed by atoms with van der Waals surface area (Å²) in [5.41, 5.74) is -0.445. The summed E-state index contributed by atoms with van der Waals surface area (Å²) < 4.78 is 38.8. The molecule has 4 rings (SSSR count). The summed E-state index contributed by atoms with van der Waals surface area (Å²) in [4.78, 5) is 38.9. The van der Waals surface area contributed by atoms with Crippen LogP contribution >= 0.6 is 0 Å². The molecule has 0 spiro atoms. The van der Waals surface area contributed by atoms with Gasteiger partial charge in [0.25, 0.3) is 0 Å². The van der Waals surface area contributed by atoms with Gasteiger partial charge < -0.3 is 14.4 Å². The average molecular weight is 530 g/mol.